The summed E-state index contributed by atoms with van der Waals surface area (Å²) in [7, 11) is -3.70. The number of anilines is 1. The molecule has 1 aromatic heterocycles. The van der Waals surface area contributed by atoms with Crippen molar-refractivity contribution in [1.82, 2.24) is 0 Å². The molecule has 1 aromatic carbocycles. The zero-order valence-corrected chi connectivity index (χ0v) is 14.2. The average molecular weight is 390 g/mol. The highest BCUT2D eigenvalue weighted by molar-refractivity contribution is 9.10. The third kappa shape index (κ3) is 3.63. The van der Waals surface area contributed by atoms with Crippen LogP contribution in [0.2, 0.25) is 0 Å². The van der Waals surface area contributed by atoms with Crippen LogP contribution in [0, 0.1) is 0 Å². The summed E-state index contributed by atoms with van der Waals surface area (Å²) in [5.41, 5.74) is 0.206. The van der Waals surface area contributed by atoms with Gasteiger partial charge in [-0.3, -0.25) is 4.72 Å². The number of carboxylic acid groups (broad SMARTS) is 1. The first-order valence-electron chi connectivity index (χ1n) is 5.98. The molecule has 21 heavy (non-hydrogen) atoms. The Morgan fingerprint density at radius 3 is 2.62 bits per heavy atom. The van der Waals surface area contributed by atoms with E-state index in [9.17, 15) is 13.2 Å². The van der Waals surface area contributed by atoms with E-state index in [-0.39, 0.29) is 15.5 Å². The van der Waals surface area contributed by atoms with Crippen LogP contribution in [0.3, 0.4) is 0 Å². The molecular weight excluding hydrogens is 378 g/mol. The van der Waals surface area contributed by atoms with Crippen molar-refractivity contribution in [2.24, 2.45) is 0 Å². The predicted octanol–water partition coefficient (Wildman–Crippen LogP) is 3.57. The maximum Gasteiger partial charge on any atom is 0.336 e. The van der Waals surface area contributed by atoms with Gasteiger partial charge in [-0.15, -0.1) is 11.3 Å². The molecular formula is C13H12BrNO4S2. The topological polar surface area (TPSA) is 83.5 Å². The maximum absolute atomic E-state index is 12.2. The van der Waals surface area contributed by atoms with Gasteiger partial charge in [-0.2, -0.15) is 0 Å². The van der Waals surface area contributed by atoms with E-state index in [1.165, 1.54) is 29.5 Å². The summed E-state index contributed by atoms with van der Waals surface area (Å²) in [6.45, 7) is 1.95. The lowest BCUT2D eigenvalue weighted by Crippen LogP contribution is -2.12. The molecule has 0 saturated heterocycles. The largest absolute Gasteiger partial charge is 0.478 e. The van der Waals surface area contributed by atoms with Crippen LogP contribution >= 0.6 is 27.3 Å². The second kappa shape index (κ2) is 6.17. The van der Waals surface area contributed by atoms with Crippen LogP contribution in [0.25, 0.3) is 0 Å². The Kier molecular flexibility index (Phi) is 4.70. The molecule has 0 amide bonds. The Morgan fingerprint density at radius 1 is 1.33 bits per heavy atom. The standard InChI is InChI=1S/C13H12BrNO4S2/c1-2-9-4-6-12(20-9)21(18,19)15-8-3-5-11(14)10(7-8)13(16)17/h3-7,15H,2H2,1H3,(H,16,17). The number of rotatable bonds is 5. The molecule has 0 atom stereocenters. The van der Waals surface area contributed by atoms with Crippen LogP contribution in [-0.2, 0) is 16.4 Å². The number of thiophene rings is 1. The average Bonchev–Trinajstić information content (AvgIpc) is 2.90. The third-order valence-electron chi connectivity index (χ3n) is 2.70. The van der Waals surface area contributed by atoms with Gasteiger partial charge in [0, 0.05) is 15.0 Å². The van der Waals surface area contributed by atoms with Gasteiger partial charge in [-0.05, 0) is 52.7 Å². The van der Waals surface area contributed by atoms with E-state index in [1.54, 1.807) is 12.1 Å². The van der Waals surface area contributed by atoms with E-state index in [1.807, 2.05) is 6.92 Å². The highest BCUT2D eigenvalue weighted by Crippen LogP contribution is 2.26. The number of halogens is 1. The first kappa shape index (κ1) is 16.0. The van der Waals surface area contributed by atoms with E-state index in [0.29, 0.717) is 4.47 Å². The summed E-state index contributed by atoms with van der Waals surface area (Å²) >= 11 is 4.31. The Labute approximate surface area is 134 Å². The number of sulfonamides is 1. The van der Waals surface area contributed by atoms with Crippen LogP contribution in [0.15, 0.2) is 39.0 Å². The zero-order valence-electron chi connectivity index (χ0n) is 11.0. The van der Waals surface area contributed by atoms with E-state index in [2.05, 4.69) is 20.7 Å². The SMILES string of the molecule is CCc1ccc(S(=O)(=O)Nc2ccc(Br)c(C(=O)O)c2)s1. The van der Waals surface area contributed by atoms with Crippen LogP contribution < -0.4 is 4.72 Å². The molecule has 2 rings (SSSR count). The summed E-state index contributed by atoms with van der Waals surface area (Å²) in [5, 5.41) is 9.04. The van der Waals surface area contributed by atoms with Gasteiger partial charge >= 0.3 is 5.97 Å². The molecule has 0 radical (unpaired) electrons. The third-order valence-corrected chi connectivity index (χ3v) is 6.49. The smallest absolute Gasteiger partial charge is 0.336 e. The second-order valence-corrected chi connectivity index (χ2v) is 8.11. The van der Waals surface area contributed by atoms with Crippen LogP contribution in [0.5, 0.6) is 0 Å². The minimum Gasteiger partial charge on any atom is -0.478 e. The zero-order chi connectivity index (χ0) is 15.6. The van der Waals surface area contributed by atoms with Crippen molar-refractivity contribution in [3.8, 4) is 0 Å². The quantitative estimate of drug-likeness (QED) is 0.818. The number of benzene rings is 1. The molecule has 0 bridgehead atoms. The first-order valence-corrected chi connectivity index (χ1v) is 9.07. The molecule has 0 fully saturated rings. The minimum absolute atomic E-state index is 0.00405. The number of hydrogen-bond donors (Lipinski definition) is 2. The normalized spacial score (nSPS) is 11.3. The van der Waals surface area contributed by atoms with Crippen LogP contribution in [0.4, 0.5) is 5.69 Å². The summed E-state index contributed by atoms with van der Waals surface area (Å²) in [6, 6.07) is 7.58. The van der Waals surface area contributed by atoms with Crippen LogP contribution in [0.1, 0.15) is 22.2 Å². The Balaban J connectivity index is 2.32. The van der Waals surface area contributed by atoms with Gasteiger partial charge in [0.2, 0.25) is 0 Å². The van der Waals surface area contributed by atoms with E-state index in [0.717, 1.165) is 11.3 Å². The Bertz CT molecular complexity index is 783. The molecule has 0 spiro atoms. The number of carboxylic acids is 1. The van der Waals surface area contributed by atoms with Gasteiger partial charge in [0.1, 0.15) is 4.21 Å². The fourth-order valence-corrected chi connectivity index (χ4v) is 4.41. The fraction of sp³-hybridized carbons (Fsp3) is 0.154. The molecule has 2 N–H and O–H groups in total. The van der Waals surface area contributed by atoms with E-state index < -0.39 is 16.0 Å². The lowest BCUT2D eigenvalue weighted by Gasteiger charge is -2.08. The Hall–Kier alpha value is -1.38. The summed E-state index contributed by atoms with van der Waals surface area (Å²) in [4.78, 5) is 12.0. The number of carbonyl (C=O) groups is 1. The van der Waals surface area contributed by atoms with Crippen molar-refractivity contribution in [2.75, 3.05) is 4.72 Å². The summed E-state index contributed by atoms with van der Waals surface area (Å²) in [5.74, 6) is -1.13. The summed E-state index contributed by atoms with van der Waals surface area (Å²) < 4.78 is 27.5. The van der Waals surface area contributed by atoms with Crippen molar-refractivity contribution >= 4 is 48.9 Å². The number of aryl methyl sites for hydroxylation is 1. The number of aromatic carboxylic acids is 1. The highest BCUT2D eigenvalue weighted by Gasteiger charge is 2.18. The van der Waals surface area contributed by atoms with E-state index in [4.69, 9.17) is 5.11 Å². The van der Waals surface area contributed by atoms with Crippen molar-refractivity contribution < 1.29 is 18.3 Å². The monoisotopic (exact) mass is 389 g/mol. The molecule has 8 heteroatoms. The minimum atomic E-state index is -3.70. The molecule has 0 saturated carbocycles. The molecule has 112 valence electrons. The Morgan fingerprint density at radius 2 is 2.05 bits per heavy atom. The van der Waals surface area contributed by atoms with Gasteiger partial charge in [0.15, 0.2) is 0 Å². The number of nitrogens with one attached hydrogen (secondary N) is 1. The van der Waals surface area contributed by atoms with Crippen LogP contribution in [-0.4, -0.2) is 19.5 Å². The second-order valence-electron chi connectivity index (χ2n) is 4.18. The molecule has 2 aromatic rings. The molecule has 5 nitrogen and oxygen atoms in total. The lowest BCUT2D eigenvalue weighted by atomic mass is 10.2. The lowest BCUT2D eigenvalue weighted by molar-refractivity contribution is 0.0696. The van der Waals surface area contributed by atoms with Crippen molar-refractivity contribution in [2.45, 2.75) is 17.6 Å². The van der Waals surface area contributed by atoms with Gasteiger partial charge < -0.3 is 5.11 Å². The number of hydrogen-bond acceptors (Lipinski definition) is 4. The predicted molar refractivity (Wildman–Crippen MR) is 85.6 cm³/mol. The highest BCUT2D eigenvalue weighted by atomic mass is 79.9. The van der Waals surface area contributed by atoms with Gasteiger partial charge in [-0.25, -0.2) is 13.2 Å². The van der Waals surface area contributed by atoms with Crippen molar-refractivity contribution in [1.29, 1.82) is 0 Å². The molecule has 1 heterocycles. The summed E-state index contributed by atoms with van der Waals surface area (Å²) in [6.07, 6.45) is 0.766. The van der Waals surface area contributed by atoms with E-state index >= 15 is 0 Å². The van der Waals surface area contributed by atoms with Crippen molar-refractivity contribution in [3.05, 3.63) is 45.2 Å². The first-order chi connectivity index (χ1) is 9.83. The molecule has 0 aliphatic heterocycles. The van der Waals surface area contributed by atoms with Gasteiger partial charge in [-0.1, -0.05) is 6.92 Å². The molecule has 0 aliphatic carbocycles. The van der Waals surface area contributed by atoms with Gasteiger partial charge in [0.25, 0.3) is 10.0 Å². The maximum atomic E-state index is 12.2. The van der Waals surface area contributed by atoms with Gasteiger partial charge in [0.05, 0.1) is 5.56 Å². The molecule has 0 unspecified atom stereocenters. The molecule has 0 aliphatic rings. The van der Waals surface area contributed by atoms with Crippen molar-refractivity contribution in [3.63, 3.8) is 0 Å². The fourth-order valence-electron chi connectivity index (χ4n) is 1.65.